The number of nitrogens with zero attached hydrogens (tertiary/aromatic N) is 4. The van der Waals surface area contributed by atoms with Crippen molar-refractivity contribution in [3.63, 3.8) is 0 Å². The molecule has 0 fully saturated rings. The highest BCUT2D eigenvalue weighted by Gasteiger charge is 2.15. The van der Waals surface area contributed by atoms with Gasteiger partial charge in [0, 0.05) is 16.6 Å². The molecule has 0 aliphatic carbocycles. The standard InChI is InChI=1S/C24H26BrN5OS/c1-16(2)14-30-23(20-9-11-21(25)12-10-20)28-29-24(30)32-15-22(31)27-26-13-18-5-7-19(8-6-18)17(3)4/h5-13,17H,1,14-15H2,2-4H3,(H,27,31)/b26-13-. The number of benzene rings is 2. The molecule has 3 rings (SSSR count). The first-order valence-electron chi connectivity index (χ1n) is 10.2. The Balaban J connectivity index is 1.62. The van der Waals surface area contributed by atoms with Gasteiger partial charge in [-0.15, -0.1) is 10.2 Å². The van der Waals surface area contributed by atoms with Crippen LogP contribution in [0.25, 0.3) is 11.4 Å². The van der Waals surface area contributed by atoms with Gasteiger partial charge in [-0.3, -0.25) is 9.36 Å². The zero-order valence-electron chi connectivity index (χ0n) is 18.4. The topological polar surface area (TPSA) is 72.2 Å². The van der Waals surface area contributed by atoms with Crippen LogP contribution in [0.3, 0.4) is 0 Å². The van der Waals surface area contributed by atoms with Crippen molar-refractivity contribution in [3.05, 3.63) is 76.3 Å². The maximum atomic E-state index is 12.3. The average Bonchev–Trinajstić information content (AvgIpc) is 3.15. The summed E-state index contributed by atoms with van der Waals surface area (Å²) in [6, 6.07) is 16.0. The second-order valence-electron chi connectivity index (χ2n) is 7.76. The van der Waals surface area contributed by atoms with Crippen molar-refractivity contribution in [3.8, 4) is 11.4 Å². The fourth-order valence-corrected chi connectivity index (χ4v) is 3.92. The molecule has 0 aliphatic heterocycles. The van der Waals surface area contributed by atoms with Crippen LogP contribution in [0.2, 0.25) is 0 Å². The molecule has 32 heavy (non-hydrogen) atoms. The van der Waals surface area contributed by atoms with Crippen LogP contribution in [0.5, 0.6) is 0 Å². The molecule has 0 radical (unpaired) electrons. The molecule has 0 saturated carbocycles. The van der Waals surface area contributed by atoms with Crippen LogP contribution in [0, 0.1) is 0 Å². The van der Waals surface area contributed by atoms with E-state index in [0.29, 0.717) is 17.6 Å². The first-order valence-corrected chi connectivity index (χ1v) is 12.0. The summed E-state index contributed by atoms with van der Waals surface area (Å²) in [6.45, 7) is 10.8. The summed E-state index contributed by atoms with van der Waals surface area (Å²) < 4.78 is 2.97. The third kappa shape index (κ3) is 6.64. The zero-order valence-corrected chi connectivity index (χ0v) is 20.8. The predicted molar refractivity (Wildman–Crippen MR) is 135 cm³/mol. The summed E-state index contributed by atoms with van der Waals surface area (Å²) >= 11 is 4.77. The normalized spacial score (nSPS) is 11.3. The highest BCUT2D eigenvalue weighted by Crippen LogP contribution is 2.26. The van der Waals surface area contributed by atoms with Gasteiger partial charge in [0.1, 0.15) is 0 Å². The Morgan fingerprint density at radius 2 is 1.88 bits per heavy atom. The van der Waals surface area contributed by atoms with Gasteiger partial charge >= 0.3 is 0 Å². The van der Waals surface area contributed by atoms with Crippen LogP contribution in [0.15, 0.2) is 75.4 Å². The van der Waals surface area contributed by atoms with Gasteiger partial charge in [0.15, 0.2) is 11.0 Å². The van der Waals surface area contributed by atoms with Crippen LogP contribution in [0.4, 0.5) is 0 Å². The van der Waals surface area contributed by atoms with Gasteiger partial charge in [0.25, 0.3) is 5.91 Å². The number of hydrazone groups is 1. The van der Waals surface area contributed by atoms with Gasteiger partial charge in [-0.2, -0.15) is 5.10 Å². The number of amides is 1. The lowest BCUT2D eigenvalue weighted by Crippen LogP contribution is -2.20. The quantitative estimate of drug-likeness (QED) is 0.174. The van der Waals surface area contributed by atoms with Crippen LogP contribution >= 0.6 is 27.7 Å². The molecule has 2 aromatic carbocycles. The number of hydrogen-bond donors (Lipinski definition) is 1. The largest absolute Gasteiger partial charge is 0.298 e. The summed E-state index contributed by atoms with van der Waals surface area (Å²) in [4.78, 5) is 12.3. The number of hydrogen-bond acceptors (Lipinski definition) is 5. The van der Waals surface area contributed by atoms with Gasteiger partial charge in [-0.25, -0.2) is 5.43 Å². The maximum Gasteiger partial charge on any atom is 0.250 e. The van der Waals surface area contributed by atoms with E-state index in [0.717, 1.165) is 27.0 Å². The third-order valence-corrected chi connectivity index (χ3v) is 6.08. The maximum absolute atomic E-state index is 12.3. The van der Waals surface area contributed by atoms with Crippen LogP contribution < -0.4 is 5.43 Å². The molecule has 0 saturated heterocycles. The fourth-order valence-electron chi connectivity index (χ4n) is 2.93. The van der Waals surface area contributed by atoms with E-state index in [2.05, 4.69) is 69.2 Å². The van der Waals surface area contributed by atoms with Gasteiger partial charge in [-0.05, 0) is 36.1 Å². The smallest absolute Gasteiger partial charge is 0.250 e. The Labute approximate surface area is 201 Å². The van der Waals surface area contributed by atoms with E-state index >= 15 is 0 Å². The van der Waals surface area contributed by atoms with E-state index < -0.39 is 0 Å². The first kappa shape index (κ1) is 23.9. The van der Waals surface area contributed by atoms with Gasteiger partial charge in [0.05, 0.1) is 12.0 Å². The predicted octanol–water partition coefficient (Wildman–Crippen LogP) is 5.65. The number of carbonyl (C=O) groups is 1. The van der Waals surface area contributed by atoms with Gasteiger partial charge in [0.2, 0.25) is 0 Å². The van der Waals surface area contributed by atoms with Gasteiger partial charge < -0.3 is 0 Å². The van der Waals surface area contributed by atoms with E-state index in [1.807, 2.05) is 47.9 Å². The Hall–Kier alpha value is -2.71. The highest BCUT2D eigenvalue weighted by molar-refractivity contribution is 9.10. The molecule has 1 N–H and O–H groups in total. The number of allylic oxidation sites excluding steroid dienone is 1. The molecule has 6 nitrogen and oxygen atoms in total. The molecule has 0 bridgehead atoms. The second-order valence-corrected chi connectivity index (χ2v) is 9.62. The lowest BCUT2D eigenvalue weighted by atomic mass is 10.0. The first-order chi connectivity index (χ1) is 15.3. The number of rotatable bonds is 9. The average molecular weight is 512 g/mol. The molecular weight excluding hydrogens is 486 g/mol. The molecule has 166 valence electrons. The van der Waals surface area contributed by atoms with E-state index in [9.17, 15) is 4.79 Å². The minimum absolute atomic E-state index is 0.179. The summed E-state index contributed by atoms with van der Waals surface area (Å²) in [6.07, 6.45) is 1.64. The molecular formula is C24H26BrN5OS. The minimum atomic E-state index is -0.208. The fraction of sp³-hybridized carbons (Fsp3) is 0.250. The van der Waals surface area contributed by atoms with E-state index in [1.165, 1.54) is 17.3 Å². The Bertz CT molecular complexity index is 1100. The van der Waals surface area contributed by atoms with Crippen molar-refractivity contribution >= 4 is 39.8 Å². The van der Waals surface area contributed by atoms with Crippen molar-refractivity contribution < 1.29 is 4.79 Å². The minimum Gasteiger partial charge on any atom is -0.298 e. The van der Waals surface area contributed by atoms with Crippen LogP contribution in [-0.4, -0.2) is 32.6 Å². The molecule has 0 spiro atoms. The zero-order chi connectivity index (χ0) is 23.1. The molecule has 3 aromatic rings. The molecule has 0 atom stereocenters. The SMILES string of the molecule is C=C(C)Cn1c(SCC(=O)N/N=C\c2ccc(C(C)C)cc2)nnc1-c1ccc(Br)cc1. The number of aromatic nitrogens is 3. The molecule has 8 heteroatoms. The van der Waals surface area contributed by atoms with Crippen molar-refractivity contribution in [1.82, 2.24) is 20.2 Å². The molecule has 0 aliphatic rings. The number of nitrogens with one attached hydrogen (secondary N) is 1. The number of carbonyl (C=O) groups excluding carboxylic acids is 1. The summed E-state index contributed by atoms with van der Waals surface area (Å²) in [5.41, 5.74) is 6.70. The van der Waals surface area contributed by atoms with Crippen molar-refractivity contribution in [2.75, 3.05) is 5.75 Å². The Morgan fingerprint density at radius 1 is 1.19 bits per heavy atom. The lowest BCUT2D eigenvalue weighted by molar-refractivity contribution is -0.118. The monoisotopic (exact) mass is 511 g/mol. The third-order valence-electron chi connectivity index (χ3n) is 4.59. The molecule has 1 aromatic heterocycles. The summed E-state index contributed by atoms with van der Waals surface area (Å²) in [5, 5.41) is 13.4. The molecule has 0 unspecified atom stereocenters. The molecule has 1 heterocycles. The number of thioether (sulfide) groups is 1. The summed E-state index contributed by atoms with van der Waals surface area (Å²) in [7, 11) is 0. The van der Waals surface area contributed by atoms with E-state index in [1.54, 1.807) is 6.21 Å². The second kappa shape index (κ2) is 11.2. The Kier molecular flexibility index (Phi) is 8.41. The van der Waals surface area contributed by atoms with Gasteiger partial charge in [-0.1, -0.05) is 90.1 Å². The highest BCUT2D eigenvalue weighted by atomic mass is 79.9. The number of halogens is 1. The lowest BCUT2D eigenvalue weighted by Gasteiger charge is -2.10. The summed E-state index contributed by atoms with van der Waals surface area (Å²) in [5.74, 6) is 1.19. The van der Waals surface area contributed by atoms with Crippen molar-refractivity contribution in [1.29, 1.82) is 0 Å². The van der Waals surface area contributed by atoms with E-state index in [-0.39, 0.29) is 11.7 Å². The Morgan fingerprint density at radius 3 is 2.50 bits per heavy atom. The van der Waals surface area contributed by atoms with E-state index in [4.69, 9.17) is 0 Å². The van der Waals surface area contributed by atoms with Crippen molar-refractivity contribution in [2.45, 2.75) is 38.4 Å². The van der Waals surface area contributed by atoms with Crippen molar-refractivity contribution in [2.24, 2.45) is 5.10 Å². The molecule has 1 amide bonds. The van der Waals surface area contributed by atoms with Crippen LogP contribution in [-0.2, 0) is 11.3 Å². The van der Waals surface area contributed by atoms with Crippen LogP contribution in [0.1, 0.15) is 37.8 Å².